The molecular weight excluding hydrogens is 302 g/mol. The van der Waals surface area contributed by atoms with Crippen molar-refractivity contribution in [2.24, 2.45) is 17.6 Å². The van der Waals surface area contributed by atoms with Gasteiger partial charge in [0.15, 0.2) is 0 Å². The highest BCUT2D eigenvalue weighted by molar-refractivity contribution is 6.00. The summed E-state index contributed by atoms with van der Waals surface area (Å²) in [6.07, 6.45) is 4.71. The number of nitrogens with zero attached hydrogens (tertiary/aromatic N) is 1. The molecule has 24 heavy (non-hydrogen) atoms. The van der Waals surface area contributed by atoms with Crippen molar-refractivity contribution in [3.8, 4) is 0 Å². The molecule has 1 aliphatic carbocycles. The van der Waals surface area contributed by atoms with E-state index >= 15 is 0 Å². The van der Waals surface area contributed by atoms with Gasteiger partial charge in [0.1, 0.15) is 0 Å². The van der Waals surface area contributed by atoms with Gasteiger partial charge in [-0.2, -0.15) is 0 Å². The van der Waals surface area contributed by atoms with E-state index in [9.17, 15) is 9.59 Å². The van der Waals surface area contributed by atoms with Crippen LogP contribution in [0.25, 0.3) is 0 Å². The molecule has 130 valence electrons. The van der Waals surface area contributed by atoms with Crippen LogP contribution in [0, 0.1) is 11.8 Å². The van der Waals surface area contributed by atoms with Crippen LogP contribution in [0.5, 0.6) is 0 Å². The largest absolute Gasteiger partial charge is 0.352 e. The lowest BCUT2D eigenvalue weighted by Gasteiger charge is -2.20. The number of aryl methyl sites for hydroxylation is 1. The molecule has 0 aromatic heterocycles. The van der Waals surface area contributed by atoms with Crippen molar-refractivity contribution in [3.63, 3.8) is 0 Å². The molecule has 2 fully saturated rings. The molecule has 3 N–H and O–H groups in total. The summed E-state index contributed by atoms with van der Waals surface area (Å²) in [5.41, 5.74) is 7.91. The Kier molecular flexibility index (Phi) is 5.19. The minimum atomic E-state index is -0.277. The second-order valence-electron chi connectivity index (χ2n) is 7.01. The van der Waals surface area contributed by atoms with Gasteiger partial charge in [0, 0.05) is 31.2 Å². The zero-order chi connectivity index (χ0) is 17.1. The predicted octanol–water partition coefficient (Wildman–Crippen LogP) is 1.85. The van der Waals surface area contributed by atoms with Gasteiger partial charge in [0.05, 0.1) is 5.92 Å². The number of nitrogens with two attached hydrogens (primary N) is 1. The molecule has 2 unspecified atom stereocenters. The molecule has 0 spiro atoms. The molecule has 2 amide bonds. The van der Waals surface area contributed by atoms with Crippen molar-refractivity contribution >= 4 is 17.5 Å². The van der Waals surface area contributed by atoms with Gasteiger partial charge in [-0.25, -0.2) is 0 Å². The van der Waals surface area contributed by atoms with Gasteiger partial charge in [0.2, 0.25) is 11.8 Å². The number of anilines is 1. The zero-order valence-corrected chi connectivity index (χ0v) is 14.3. The summed E-state index contributed by atoms with van der Waals surface area (Å²) in [7, 11) is 0. The molecule has 5 heteroatoms. The Labute approximate surface area is 143 Å². The first-order chi connectivity index (χ1) is 11.6. The summed E-state index contributed by atoms with van der Waals surface area (Å²) >= 11 is 0. The van der Waals surface area contributed by atoms with Crippen LogP contribution in [0.4, 0.5) is 5.69 Å². The van der Waals surface area contributed by atoms with Gasteiger partial charge < -0.3 is 16.0 Å². The number of nitrogens with one attached hydrogen (secondary N) is 1. The third-order valence-corrected chi connectivity index (χ3v) is 5.06. The number of benzene rings is 1. The molecule has 1 saturated heterocycles. The minimum Gasteiger partial charge on any atom is -0.352 e. The smallest absolute Gasteiger partial charge is 0.227 e. The second kappa shape index (κ2) is 7.34. The van der Waals surface area contributed by atoms with E-state index in [2.05, 4.69) is 24.4 Å². The van der Waals surface area contributed by atoms with E-state index in [-0.39, 0.29) is 30.2 Å². The Bertz CT molecular complexity index is 595. The highest BCUT2D eigenvalue weighted by atomic mass is 16.2. The molecule has 1 aliphatic heterocycles. The van der Waals surface area contributed by atoms with Gasteiger partial charge in [-0.15, -0.1) is 0 Å². The first kappa shape index (κ1) is 17.0. The molecule has 1 aromatic carbocycles. The summed E-state index contributed by atoms with van der Waals surface area (Å²) in [6.45, 7) is 3.08. The summed E-state index contributed by atoms with van der Waals surface area (Å²) < 4.78 is 0. The molecule has 1 aromatic rings. The molecule has 5 nitrogen and oxygen atoms in total. The van der Waals surface area contributed by atoms with E-state index in [1.54, 1.807) is 4.90 Å². The number of amides is 2. The van der Waals surface area contributed by atoms with Crippen molar-refractivity contribution in [1.29, 1.82) is 0 Å². The molecule has 2 atom stereocenters. The quantitative estimate of drug-likeness (QED) is 0.801. The van der Waals surface area contributed by atoms with Crippen molar-refractivity contribution in [2.75, 3.05) is 18.0 Å². The van der Waals surface area contributed by atoms with Crippen molar-refractivity contribution < 1.29 is 9.59 Å². The van der Waals surface area contributed by atoms with E-state index < -0.39 is 0 Å². The number of hydrogen-bond acceptors (Lipinski definition) is 3. The monoisotopic (exact) mass is 329 g/mol. The summed E-state index contributed by atoms with van der Waals surface area (Å²) in [5, 5.41) is 3.05. The minimum absolute atomic E-state index is 0.0223. The molecule has 0 bridgehead atoms. The maximum atomic E-state index is 12.5. The van der Waals surface area contributed by atoms with Crippen molar-refractivity contribution in [2.45, 2.75) is 45.1 Å². The van der Waals surface area contributed by atoms with Crippen LogP contribution < -0.4 is 16.0 Å². The third kappa shape index (κ3) is 3.78. The Morgan fingerprint density at radius 2 is 2.04 bits per heavy atom. The molecular formula is C19H27N3O2. The lowest BCUT2D eigenvalue weighted by molar-refractivity contribution is -0.127. The number of carbonyl (C=O) groups excluding carboxylic acids is 2. The van der Waals surface area contributed by atoms with Crippen LogP contribution in [-0.4, -0.2) is 30.9 Å². The standard InChI is InChI=1S/C19H27N3O2/c1-2-3-13-4-8-16(9-5-13)22-12-15(10-18(22)23)19(24)21-17(11-20)14-6-7-14/h4-5,8-9,14-15,17H,2-3,6-7,10-12,20H2,1H3,(H,21,24). The topological polar surface area (TPSA) is 75.4 Å². The van der Waals surface area contributed by atoms with E-state index in [0.29, 0.717) is 19.0 Å². The Hall–Kier alpha value is -1.88. The van der Waals surface area contributed by atoms with Gasteiger partial charge in [-0.1, -0.05) is 25.5 Å². The number of rotatable bonds is 7. The lowest BCUT2D eigenvalue weighted by Crippen LogP contribution is -2.45. The average molecular weight is 329 g/mol. The molecule has 1 heterocycles. The molecule has 0 radical (unpaired) electrons. The first-order valence-electron chi connectivity index (χ1n) is 9.02. The Morgan fingerprint density at radius 1 is 1.33 bits per heavy atom. The first-order valence-corrected chi connectivity index (χ1v) is 9.02. The second-order valence-corrected chi connectivity index (χ2v) is 7.01. The Balaban J connectivity index is 1.61. The average Bonchev–Trinajstić information content (AvgIpc) is 3.35. The summed E-state index contributed by atoms with van der Waals surface area (Å²) in [5.74, 6) is 0.240. The van der Waals surface area contributed by atoms with Gasteiger partial charge in [-0.05, 0) is 42.9 Å². The SMILES string of the molecule is CCCc1ccc(N2CC(C(=O)NC(CN)C3CC3)CC2=O)cc1. The number of hydrogen-bond donors (Lipinski definition) is 2. The lowest BCUT2D eigenvalue weighted by atomic mass is 10.1. The highest BCUT2D eigenvalue weighted by Gasteiger charge is 2.38. The zero-order valence-electron chi connectivity index (χ0n) is 14.3. The predicted molar refractivity (Wildman–Crippen MR) is 94.6 cm³/mol. The van der Waals surface area contributed by atoms with Crippen LogP contribution in [0.2, 0.25) is 0 Å². The molecule has 2 aliphatic rings. The Morgan fingerprint density at radius 3 is 2.62 bits per heavy atom. The van der Waals surface area contributed by atoms with E-state index in [4.69, 9.17) is 5.73 Å². The van der Waals surface area contributed by atoms with Crippen LogP contribution in [0.3, 0.4) is 0 Å². The van der Waals surface area contributed by atoms with Gasteiger partial charge in [-0.3, -0.25) is 9.59 Å². The van der Waals surface area contributed by atoms with Crippen LogP contribution in [0.15, 0.2) is 24.3 Å². The van der Waals surface area contributed by atoms with Gasteiger partial charge in [0.25, 0.3) is 0 Å². The summed E-state index contributed by atoms with van der Waals surface area (Å²) in [4.78, 5) is 26.5. The van der Waals surface area contributed by atoms with Crippen LogP contribution >= 0.6 is 0 Å². The third-order valence-electron chi connectivity index (χ3n) is 5.06. The van der Waals surface area contributed by atoms with E-state index in [1.165, 1.54) is 5.56 Å². The van der Waals surface area contributed by atoms with E-state index in [1.807, 2.05) is 12.1 Å². The maximum absolute atomic E-state index is 12.5. The fourth-order valence-electron chi connectivity index (χ4n) is 3.43. The molecule has 1 saturated carbocycles. The molecule has 3 rings (SSSR count). The van der Waals surface area contributed by atoms with Crippen molar-refractivity contribution in [1.82, 2.24) is 5.32 Å². The van der Waals surface area contributed by atoms with Crippen LogP contribution in [0.1, 0.15) is 38.2 Å². The van der Waals surface area contributed by atoms with E-state index in [0.717, 1.165) is 31.4 Å². The maximum Gasteiger partial charge on any atom is 0.227 e. The highest BCUT2D eigenvalue weighted by Crippen LogP contribution is 2.33. The van der Waals surface area contributed by atoms with Gasteiger partial charge >= 0.3 is 0 Å². The fraction of sp³-hybridized carbons (Fsp3) is 0.579. The summed E-state index contributed by atoms with van der Waals surface area (Å²) in [6, 6.07) is 8.16. The number of carbonyl (C=O) groups is 2. The van der Waals surface area contributed by atoms with Crippen molar-refractivity contribution in [3.05, 3.63) is 29.8 Å². The normalized spacial score (nSPS) is 21.8. The van der Waals surface area contributed by atoms with Crippen LogP contribution in [-0.2, 0) is 16.0 Å². The fourth-order valence-corrected chi connectivity index (χ4v) is 3.43.